The molecular weight excluding hydrogens is 675 g/mol. The summed E-state index contributed by atoms with van der Waals surface area (Å²) in [6.45, 7) is 13.7. The average molecular weight is 760 g/mol. The highest BCUT2D eigenvalue weighted by molar-refractivity contribution is 8.76. The molecular formula is C42H85N3O4S2. The lowest BCUT2D eigenvalue weighted by atomic mass is 10.1. The molecule has 0 saturated carbocycles. The number of piperazine rings is 1. The zero-order chi connectivity index (χ0) is 36.7. The summed E-state index contributed by atoms with van der Waals surface area (Å²) in [5, 5.41) is 14.0. The molecule has 9 heteroatoms. The number of unbranched alkanes of at least 4 members (excludes halogenated alkanes) is 22. The second-order valence-corrected chi connectivity index (χ2v) is 17.6. The van der Waals surface area contributed by atoms with Crippen LogP contribution in [-0.2, 0) is 14.3 Å². The minimum atomic E-state index is -0.737. The van der Waals surface area contributed by atoms with Crippen LogP contribution in [0.3, 0.4) is 0 Å². The van der Waals surface area contributed by atoms with Crippen molar-refractivity contribution >= 4 is 27.6 Å². The predicted octanol–water partition coefficient (Wildman–Crippen LogP) is 10.6. The molecule has 0 amide bonds. The third-order valence-electron chi connectivity index (χ3n) is 10.2. The summed E-state index contributed by atoms with van der Waals surface area (Å²) in [5.41, 5.74) is 0. The molecule has 304 valence electrons. The largest absolute Gasteiger partial charge is 0.466 e. The highest BCUT2D eigenvalue weighted by Crippen LogP contribution is 2.21. The lowest BCUT2D eigenvalue weighted by molar-refractivity contribution is -0.144. The van der Waals surface area contributed by atoms with Crippen molar-refractivity contribution in [2.24, 2.45) is 0 Å². The fourth-order valence-electron chi connectivity index (χ4n) is 6.71. The van der Waals surface area contributed by atoms with Crippen molar-refractivity contribution in [2.75, 3.05) is 77.1 Å². The predicted molar refractivity (Wildman–Crippen MR) is 225 cm³/mol. The molecule has 1 fully saturated rings. The Kier molecular flexibility index (Phi) is 38.1. The summed E-state index contributed by atoms with van der Waals surface area (Å²) >= 11 is 0. The molecule has 1 unspecified atom stereocenters. The van der Waals surface area contributed by atoms with Crippen LogP contribution in [0.15, 0.2) is 0 Å². The van der Waals surface area contributed by atoms with E-state index in [9.17, 15) is 9.90 Å². The van der Waals surface area contributed by atoms with Crippen molar-refractivity contribution in [1.29, 1.82) is 0 Å². The van der Waals surface area contributed by atoms with E-state index in [0.29, 0.717) is 32.6 Å². The van der Waals surface area contributed by atoms with E-state index in [4.69, 9.17) is 9.47 Å². The molecule has 0 aromatic heterocycles. The van der Waals surface area contributed by atoms with Gasteiger partial charge in [0, 0.05) is 76.9 Å². The number of hydrogen-bond acceptors (Lipinski definition) is 9. The molecule has 0 aromatic carbocycles. The van der Waals surface area contributed by atoms with Crippen LogP contribution < -0.4 is 5.32 Å². The Bertz CT molecular complexity index is 718. The van der Waals surface area contributed by atoms with Gasteiger partial charge in [-0.05, 0) is 12.8 Å². The Balaban J connectivity index is 2.17. The maximum Gasteiger partial charge on any atom is 0.307 e. The first-order chi connectivity index (χ1) is 25.2. The van der Waals surface area contributed by atoms with Crippen LogP contribution >= 0.6 is 21.6 Å². The average Bonchev–Trinajstić information content (AvgIpc) is 3.14. The number of rotatable bonds is 40. The molecule has 51 heavy (non-hydrogen) atoms. The molecule has 0 aromatic rings. The van der Waals surface area contributed by atoms with E-state index in [1.807, 2.05) is 21.6 Å². The van der Waals surface area contributed by atoms with Crippen LogP contribution in [0.5, 0.6) is 0 Å². The minimum absolute atomic E-state index is 0.0927. The standard InChI is InChI=1S/C42H85N3O4S2/c1-3-5-7-9-11-13-15-17-19-21-23-25-37-48-41(46)27-31-44(35-39-50-51-40-36-45-33-29-43-30-34-45)32-28-42(47)49-38-26-24-22-20-18-16-14-12-10-8-6-4-2/h41,43,46H,3-40H2,1-2H3. The Morgan fingerprint density at radius 3 is 1.65 bits per heavy atom. The van der Waals surface area contributed by atoms with Crippen LogP contribution in [0.25, 0.3) is 0 Å². The summed E-state index contributed by atoms with van der Waals surface area (Å²) in [5.74, 6) is 2.06. The lowest BCUT2D eigenvalue weighted by Gasteiger charge is -2.26. The fourth-order valence-corrected chi connectivity index (χ4v) is 8.77. The van der Waals surface area contributed by atoms with E-state index in [1.165, 1.54) is 135 Å². The number of esters is 1. The van der Waals surface area contributed by atoms with Crippen molar-refractivity contribution in [1.82, 2.24) is 15.1 Å². The zero-order valence-electron chi connectivity index (χ0n) is 33.8. The summed E-state index contributed by atoms with van der Waals surface area (Å²) in [4.78, 5) is 17.4. The number of hydrogen-bond donors (Lipinski definition) is 2. The van der Waals surface area contributed by atoms with Gasteiger partial charge in [-0.15, -0.1) is 0 Å². The van der Waals surface area contributed by atoms with Gasteiger partial charge < -0.3 is 24.8 Å². The number of ether oxygens (including phenoxy) is 2. The Morgan fingerprint density at radius 1 is 0.647 bits per heavy atom. The van der Waals surface area contributed by atoms with Crippen LogP contribution in [0.2, 0.25) is 0 Å². The van der Waals surface area contributed by atoms with Gasteiger partial charge >= 0.3 is 5.97 Å². The molecule has 2 N–H and O–H groups in total. The second kappa shape index (κ2) is 39.7. The number of carbonyl (C=O) groups excluding carboxylic acids is 1. The Labute approximate surface area is 325 Å². The van der Waals surface area contributed by atoms with Gasteiger partial charge in [0.15, 0.2) is 6.29 Å². The number of nitrogens with one attached hydrogen (secondary N) is 1. The highest BCUT2D eigenvalue weighted by atomic mass is 33.1. The number of aliphatic hydroxyl groups is 1. The molecule has 1 atom stereocenters. The first-order valence-corrected chi connectivity index (χ1v) is 24.5. The first-order valence-electron chi connectivity index (χ1n) is 22.0. The van der Waals surface area contributed by atoms with Gasteiger partial charge in [-0.1, -0.05) is 177 Å². The monoisotopic (exact) mass is 760 g/mol. The van der Waals surface area contributed by atoms with Gasteiger partial charge in [-0.2, -0.15) is 0 Å². The van der Waals surface area contributed by atoms with E-state index >= 15 is 0 Å². The molecule has 1 aliphatic rings. The van der Waals surface area contributed by atoms with E-state index in [1.54, 1.807) is 0 Å². The van der Waals surface area contributed by atoms with Gasteiger partial charge in [0.1, 0.15) is 0 Å². The minimum Gasteiger partial charge on any atom is -0.466 e. The molecule has 0 spiro atoms. The van der Waals surface area contributed by atoms with Crippen LogP contribution in [0.4, 0.5) is 0 Å². The van der Waals surface area contributed by atoms with Gasteiger partial charge in [0.05, 0.1) is 13.0 Å². The molecule has 1 heterocycles. The van der Waals surface area contributed by atoms with E-state index < -0.39 is 6.29 Å². The number of carbonyl (C=O) groups is 1. The molecule has 0 bridgehead atoms. The third-order valence-corrected chi connectivity index (χ3v) is 12.5. The van der Waals surface area contributed by atoms with Crippen molar-refractivity contribution in [3.05, 3.63) is 0 Å². The molecule has 1 aliphatic heterocycles. The van der Waals surface area contributed by atoms with E-state index in [0.717, 1.165) is 76.6 Å². The molecule has 1 rings (SSSR count). The van der Waals surface area contributed by atoms with E-state index in [-0.39, 0.29) is 5.97 Å². The molecule has 1 saturated heterocycles. The highest BCUT2D eigenvalue weighted by Gasteiger charge is 2.13. The Hall–Kier alpha value is -0.0300. The molecule has 7 nitrogen and oxygen atoms in total. The maximum absolute atomic E-state index is 12.6. The smallest absolute Gasteiger partial charge is 0.307 e. The second-order valence-electron chi connectivity index (χ2n) is 14.9. The first kappa shape index (κ1) is 49.0. The summed E-state index contributed by atoms with van der Waals surface area (Å²) < 4.78 is 11.4. The van der Waals surface area contributed by atoms with Crippen molar-refractivity contribution in [2.45, 2.75) is 187 Å². The summed E-state index contributed by atoms with van der Waals surface area (Å²) in [7, 11) is 3.88. The van der Waals surface area contributed by atoms with Crippen LogP contribution in [0.1, 0.15) is 181 Å². The van der Waals surface area contributed by atoms with Gasteiger partial charge in [0.2, 0.25) is 0 Å². The lowest BCUT2D eigenvalue weighted by Crippen LogP contribution is -2.44. The quantitative estimate of drug-likeness (QED) is 0.0275. The van der Waals surface area contributed by atoms with Crippen molar-refractivity contribution in [3.8, 4) is 0 Å². The van der Waals surface area contributed by atoms with Crippen LogP contribution in [0, 0.1) is 0 Å². The topological polar surface area (TPSA) is 74.3 Å². The normalized spacial score (nSPS) is 14.4. The maximum atomic E-state index is 12.6. The summed E-state index contributed by atoms with van der Waals surface area (Å²) in [6, 6.07) is 0. The van der Waals surface area contributed by atoms with Gasteiger partial charge in [-0.25, -0.2) is 0 Å². The number of aliphatic hydroxyl groups excluding tert-OH is 1. The van der Waals surface area contributed by atoms with Gasteiger partial charge in [0.25, 0.3) is 0 Å². The van der Waals surface area contributed by atoms with Crippen LogP contribution in [-0.4, -0.2) is 104 Å². The van der Waals surface area contributed by atoms with Gasteiger partial charge in [-0.3, -0.25) is 9.69 Å². The van der Waals surface area contributed by atoms with Crippen molar-refractivity contribution < 1.29 is 19.4 Å². The van der Waals surface area contributed by atoms with Crippen molar-refractivity contribution in [3.63, 3.8) is 0 Å². The molecule has 0 radical (unpaired) electrons. The Morgan fingerprint density at radius 2 is 1.12 bits per heavy atom. The fraction of sp³-hybridized carbons (Fsp3) is 0.976. The third kappa shape index (κ3) is 35.4. The summed E-state index contributed by atoms with van der Waals surface area (Å²) in [6.07, 6.45) is 31.8. The van der Waals surface area contributed by atoms with E-state index in [2.05, 4.69) is 29.0 Å². The SMILES string of the molecule is CCCCCCCCCCCCCCOC(=O)CCN(CCSSCCN1CCNCC1)CCC(O)OCCCCCCCCCCCCCC. The number of nitrogens with zero attached hydrogens (tertiary/aromatic N) is 2. The molecule has 0 aliphatic carbocycles. The zero-order valence-corrected chi connectivity index (χ0v) is 35.5.